The van der Waals surface area contributed by atoms with Gasteiger partial charge >= 0.3 is 5.97 Å². The van der Waals surface area contributed by atoms with Crippen LogP contribution in [0.3, 0.4) is 0 Å². The summed E-state index contributed by atoms with van der Waals surface area (Å²) in [6.07, 6.45) is 4.41. The van der Waals surface area contributed by atoms with Crippen LogP contribution in [0.2, 0.25) is 5.02 Å². The number of hydrogen-bond acceptors (Lipinski definition) is 2. The molecule has 1 N–H and O–H groups in total. The van der Waals surface area contributed by atoms with Crippen LogP contribution in [-0.2, 0) is 10.2 Å². The van der Waals surface area contributed by atoms with E-state index in [9.17, 15) is 4.79 Å². The van der Waals surface area contributed by atoms with E-state index in [4.69, 9.17) is 21.4 Å². The molecule has 0 spiro atoms. The summed E-state index contributed by atoms with van der Waals surface area (Å²) >= 11 is 6.40. The van der Waals surface area contributed by atoms with Crippen molar-refractivity contribution in [3.05, 3.63) is 28.8 Å². The molecule has 3 rings (SSSR count). The summed E-state index contributed by atoms with van der Waals surface area (Å²) in [6.45, 7) is 0.717. The van der Waals surface area contributed by atoms with E-state index in [0.29, 0.717) is 16.7 Å². The highest BCUT2D eigenvalue weighted by Crippen LogP contribution is 2.54. The Morgan fingerprint density at radius 1 is 1.42 bits per heavy atom. The number of aliphatic carboxylic acids is 1. The van der Waals surface area contributed by atoms with Gasteiger partial charge in [0.25, 0.3) is 0 Å². The zero-order valence-corrected chi connectivity index (χ0v) is 11.4. The quantitative estimate of drug-likeness (QED) is 0.865. The molecule has 0 amide bonds. The first kappa shape index (κ1) is 12.8. The van der Waals surface area contributed by atoms with Crippen molar-refractivity contribution in [1.82, 2.24) is 0 Å². The monoisotopic (exact) mass is 280 g/mol. The van der Waals surface area contributed by atoms with Crippen molar-refractivity contribution in [3.63, 3.8) is 0 Å². The Morgan fingerprint density at radius 2 is 2.16 bits per heavy atom. The first-order valence-corrected chi connectivity index (χ1v) is 7.12. The average molecular weight is 281 g/mol. The molecular weight excluding hydrogens is 264 g/mol. The normalized spacial score (nSPS) is 20.1. The number of hydrogen-bond donors (Lipinski definition) is 1. The summed E-state index contributed by atoms with van der Waals surface area (Å²) in [5.41, 5.74) is 0.673. The van der Waals surface area contributed by atoms with Crippen molar-refractivity contribution in [2.24, 2.45) is 5.92 Å². The number of carboxylic acid groups (broad SMARTS) is 1. The lowest BCUT2D eigenvalue weighted by Gasteiger charge is -2.17. The van der Waals surface area contributed by atoms with Gasteiger partial charge in [-0.05, 0) is 43.2 Å². The second-order valence-electron chi connectivity index (χ2n) is 5.72. The number of carboxylic acids is 1. The molecule has 2 fully saturated rings. The van der Waals surface area contributed by atoms with Crippen molar-refractivity contribution < 1.29 is 14.6 Å². The van der Waals surface area contributed by atoms with E-state index in [1.807, 2.05) is 18.2 Å². The fourth-order valence-electron chi connectivity index (χ4n) is 2.51. The zero-order chi connectivity index (χ0) is 13.5. The Kier molecular flexibility index (Phi) is 3.17. The van der Waals surface area contributed by atoms with Gasteiger partial charge in [0.15, 0.2) is 0 Å². The molecule has 2 saturated carbocycles. The van der Waals surface area contributed by atoms with Crippen LogP contribution in [-0.4, -0.2) is 17.7 Å². The fourth-order valence-corrected chi connectivity index (χ4v) is 2.89. The van der Waals surface area contributed by atoms with Gasteiger partial charge in [-0.3, -0.25) is 4.79 Å². The molecule has 0 aliphatic heterocycles. The van der Waals surface area contributed by atoms with E-state index in [2.05, 4.69) is 0 Å². The van der Waals surface area contributed by atoms with Crippen molar-refractivity contribution >= 4 is 17.6 Å². The van der Waals surface area contributed by atoms with E-state index in [1.165, 1.54) is 12.8 Å². The summed E-state index contributed by atoms with van der Waals surface area (Å²) in [6, 6.07) is 5.71. The van der Waals surface area contributed by atoms with Gasteiger partial charge in [-0.1, -0.05) is 23.7 Å². The Hall–Kier alpha value is -1.22. The molecule has 0 radical (unpaired) electrons. The van der Waals surface area contributed by atoms with Crippen LogP contribution in [0, 0.1) is 5.92 Å². The van der Waals surface area contributed by atoms with E-state index in [0.717, 1.165) is 25.0 Å². The smallest absolute Gasteiger partial charge is 0.304 e. The molecule has 3 nitrogen and oxygen atoms in total. The number of halogens is 1. The largest absolute Gasteiger partial charge is 0.492 e. The zero-order valence-electron chi connectivity index (χ0n) is 10.7. The molecule has 4 heteroatoms. The van der Waals surface area contributed by atoms with Crippen LogP contribution < -0.4 is 4.74 Å². The van der Waals surface area contributed by atoms with Crippen molar-refractivity contribution in [1.29, 1.82) is 0 Å². The van der Waals surface area contributed by atoms with Crippen molar-refractivity contribution in [2.75, 3.05) is 6.61 Å². The summed E-state index contributed by atoms with van der Waals surface area (Å²) < 4.78 is 5.75. The molecule has 19 heavy (non-hydrogen) atoms. The predicted octanol–water partition coefficient (Wildman–Crippen LogP) is 3.64. The number of rotatable bonds is 6. The maximum absolute atomic E-state index is 11.0. The van der Waals surface area contributed by atoms with Gasteiger partial charge in [0.2, 0.25) is 0 Å². The van der Waals surface area contributed by atoms with Gasteiger partial charge in [-0.15, -0.1) is 0 Å². The Balaban J connectivity index is 1.81. The van der Waals surface area contributed by atoms with Crippen molar-refractivity contribution in [3.8, 4) is 5.75 Å². The van der Waals surface area contributed by atoms with Crippen LogP contribution in [0.15, 0.2) is 18.2 Å². The predicted molar refractivity (Wildman–Crippen MR) is 72.8 cm³/mol. The molecule has 0 aromatic heterocycles. The molecule has 0 unspecified atom stereocenters. The first-order chi connectivity index (χ1) is 9.11. The average Bonchev–Trinajstić information content (AvgIpc) is 3.22. The highest BCUT2D eigenvalue weighted by atomic mass is 35.5. The third-order valence-corrected chi connectivity index (χ3v) is 4.44. The van der Waals surface area contributed by atoms with Crippen molar-refractivity contribution in [2.45, 2.75) is 37.5 Å². The number of ether oxygens (including phenoxy) is 1. The number of benzene rings is 1. The van der Waals surface area contributed by atoms with E-state index < -0.39 is 5.97 Å². The van der Waals surface area contributed by atoms with Crippen LogP contribution in [0.5, 0.6) is 5.75 Å². The minimum atomic E-state index is -0.766. The van der Waals surface area contributed by atoms with Gasteiger partial charge in [0.05, 0.1) is 18.1 Å². The third kappa shape index (κ3) is 2.71. The first-order valence-electron chi connectivity index (χ1n) is 6.74. The maximum Gasteiger partial charge on any atom is 0.304 e. The standard InChI is InChI=1S/C15H17ClO3/c16-14-11(15(6-7-15)8-13(17)18)2-1-3-12(14)19-9-10-4-5-10/h1-3,10H,4-9H2,(H,17,18). The summed E-state index contributed by atoms with van der Waals surface area (Å²) in [4.78, 5) is 11.0. The molecule has 0 bridgehead atoms. The Labute approximate surface area is 117 Å². The molecule has 1 aromatic rings. The lowest BCUT2D eigenvalue weighted by atomic mass is 9.92. The lowest BCUT2D eigenvalue weighted by molar-refractivity contribution is -0.137. The molecule has 102 valence electrons. The minimum Gasteiger partial charge on any atom is -0.492 e. The van der Waals surface area contributed by atoms with Gasteiger partial charge in [0.1, 0.15) is 5.75 Å². The molecule has 2 aliphatic rings. The maximum atomic E-state index is 11.0. The number of carbonyl (C=O) groups is 1. The van der Waals surface area contributed by atoms with Gasteiger partial charge < -0.3 is 9.84 Å². The van der Waals surface area contributed by atoms with E-state index in [-0.39, 0.29) is 11.8 Å². The van der Waals surface area contributed by atoms with Crippen LogP contribution >= 0.6 is 11.6 Å². The van der Waals surface area contributed by atoms with Gasteiger partial charge in [-0.2, -0.15) is 0 Å². The van der Waals surface area contributed by atoms with Crippen LogP contribution in [0.1, 0.15) is 37.7 Å². The molecular formula is C15H17ClO3. The Morgan fingerprint density at radius 3 is 2.74 bits per heavy atom. The van der Waals surface area contributed by atoms with Gasteiger partial charge in [-0.25, -0.2) is 0 Å². The molecule has 1 aromatic carbocycles. The Bertz CT molecular complexity index is 504. The SMILES string of the molecule is O=C(O)CC1(c2cccc(OCC3CC3)c2Cl)CC1. The van der Waals surface area contributed by atoms with Crippen LogP contribution in [0.4, 0.5) is 0 Å². The summed E-state index contributed by atoms with van der Waals surface area (Å²) in [5, 5.41) is 9.62. The van der Waals surface area contributed by atoms with Gasteiger partial charge in [0, 0.05) is 5.41 Å². The second-order valence-corrected chi connectivity index (χ2v) is 6.10. The topological polar surface area (TPSA) is 46.5 Å². The summed E-state index contributed by atoms with van der Waals surface area (Å²) in [5.74, 6) is 0.606. The molecule has 0 atom stereocenters. The minimum absolute atomic E-state index is 0.152. The van der Waals surface area contributed by atoms with E-state index in [1.54, 1.807) is 0 Å². The highest BCUT2D eigenvalue weighted by molar-refractivity contribution is 6.33. The summed E-state index contributed by atoms with van der Waals surface area (Å²) in [7, 11) is 0. The highest BCUT2D eigenvalue weighted by Gasteiger charge is 2.47. The molecule has 2 aliphatic carbocycles. The third-order valence-electron chi connectivity index (χ3n) is 4.05. The molecule has 0 saturated heterocycles. The second kappa shape index (κ2) is 4.71. The van der Waals surface area contributed by atoms with Crippen LogP contribution in [0.25, 0.3) is 0 Å². The fraction of sp³-hybridized carbons (Fsp3) is 0.533. The van der Waals surface area contributed by atoms with E-state index >= 15 is 0 Å². The molecule has 0 heterocycles. The lowest BCUT2D eigenvalue weighted by Crippen LogP contribution is -2.14.